The minimum Gasteiger partial charge on any atom is -0.507 e. The standard InChI is InChI=1S/C18H28O4/c1-3-4-5-6-7-8-9-10-13-22-15-11-12-16(17(19)14-15)18(20)21-2/h11-12,14,19H,3-10,13H2,1-2H3. The molecule has 0 heterocycles. The monoisotopic (exact) mass is 308 g/mol. The Hall–Kier alpha value is -1.71. The fraction of sp³-hybridized carbons (Fsp3) is 0.611. The smallest absolute Gasteiger partial charge is 0.341 e. The van der Waals surface area contributed by atoms with Crippen LogP contribution in [0.3, 0.4) is 0 Å². The molecule has 0 fully saturated rings. The molecule has 124 valence electrons. The number of rotatable bonds is 11. The molecule has 1 aromatic carbocycles. The summed E-state index contributed by atoms with van der Waals surface area (Å²) >= 11 is 0. The predicted molar refractivity (Wildman–Crippen MR) is 87.6 cm³/mol. The van der Waals surface area contributed by atoms with E-state index in [2.05, 4.69) is 11.7 Å². The highest BCUT2D eigenvalue weighted by molar-refractivity contribution is 5.92. The van der Waals surface area contributed by atoms with Crippen LogP contribution in [-0.4, -0.2) is 24.8 Å². The predicted octanol–water partition coefficient (Wildman–Crippen LogP) is 4.70. The highest BCUT2D eigenvalue weighted by Gasteiger charge is 2.11. The van der Waals surface area contributed by atoms with E-state index in [1.165, 1.54) is 64.2 Å². The molecule has 0 saturated heterocycles. The molecule has 22 heavy (non-hydrogen) atoms. The second kappa shape index (κ2) is 10.9. The maximum absolute atomic E-state index is 11.3. The number of aromatic hydroxyl groups is 1. The van der Waals surface area contributed by atoms with Crippen LogP contribution >= 0.6 is 0 Å². The zero-order valence-electron chi connectivity index (χ0n) is 13.8. The lowest BCUT2D eigenvalue weighted by molar-refractivity contribution is 0.0597. The average Bonchev–Trinajstić information content (AvgIpc) is 2.52. The average molecular weight is 308 g/mol. The van der Waals surface area contributed by atoms with E-state index in [0.717, 1.165) is 6.42 Å². The first-order valence-corrected chi connectivity index (χ1v) is 8.23. The molecule has 0 spiro atoms. The number of carbonyl (C=O) groups is 1. The molecule has 0 atom stereocenters. The molecule has 1 aromatic rings. The molecule has 0 aliphatic carbocycles. The SMILES string of the molecule is CCCCCCCCCCOc1ccc(C(=O)OC)c(O)c1. The van der Waals surface area contributed by atoms with Gasteiger partial charge < -0.3 is 14.6 Å². The Morgan fingerprint density at radius 1 is 1.05 bits per heavy atom. The molecule has 0 aliphatic heterocycles. The molecular formula is C18H28O4. The first kappa shape index (κ1) is 18.3. The van der Waals surface area contributed by atoms with Crippen molar-refractivity contribution in [2.75, 3.05) is 13.7 Å². The van der Waals surface area contributed by atoms with Crippen LogP contribution in [0.5, 0.6) is 11.5 Å². The Labute approximate surface area is 133 Å². The molecular weight excluding hydrogens is 280 g/mol. The summed E-state index contributed by atoms with van der Waals surface area (Å²) in [5.41, 5.74) is 0.155. The van der Waals surface area contributed by atoms with Gasteiger partial charge >= 0.3 is 5.97 Å². The summed E-state index contributed by atoms with van der Waals surface area (Å²) in [4.78, 5) is 11.3. The van der Waals surface area contributed by atoms with Gasteiger partial charge in [-0.05, 0) is 18.6 Å². The van der Waals surface area contributed by atoms with Crippen molar-refractivity contribution in [2.45, 2.75) is 58.3 Å². The lowest BCUT2D eigenvalue weighted by Gasteiger charge is -2.08. The van der Waals surface area contributed by atoms with Gasteiger partial charge in [-0.3, -0.25) is 0 Å². The van der Waals surface area contributed by atoms with Gasteiger partial charge in [-0.2, -0.15) is 0 Å². The van der Waals surface area contributed by atoms with E-state index < -0.39 is 5.97 Å². The highest BCUT2D eigenvalue weighted by Crippen LogP contribution is 2.24. The molecule has 0 bridgehead atoms. The van der Waals surface area contributed by atoms with Gasteiger partial charge in [0.1, 0.15) is 17.1 Å². The van der Waals surface area contributed by atoms with Crippen LogP contribution in [0.4, 0.5) is 0 Å². The maximum atomic E-state index is 11.3. The van der Waals surface area contributed by atoms with Crippen LogP contribution in [0.25, 0.3) is 0 Å². The number of phenolic OH excluding ortho intramolecular Hbond substituents is 1. The van der Waals surface area contributed by atoms with Crippen LogP contribution in [-0.2, 0) is 4.74 Å². The maximum Gasteiger partial charge on any atom is 0.341 e. The van der Waals surface area contributed by atoms with Crippen molar-refractivity contribution in [1.29, 1.82) is 0 Å². The van der Waals surface area contributed by atoms with Gasteiger partial charge in [0.15, 0.2) is 0 Å². The summed E-state index contributed by atoms with van der Waals surface area (Å²) in [6, 6.07) is 4.65. The Morgan fingerprint density at radius 2 is 1.68 bits per heavy atom. The second-order valence-corrected chi connectivity index (χ2v) is 5.49. The van der Waals surface area contributed by atoms with E-state index >= 15 is 0 Å². The van der Waals surface area contributed by atoms with E-state index in [9.17, 15) is 9.90 Å². The van der Waals surface area contributed by atoms with Crippen molar-refractivity contribution in [3.05, 3.63) is 23.8 Å². The van der Waals surface area contributed by atoms with Gasteiger partial charge in [0, 0.05) is 6.07 Å². The van der Waals surface area contributed by atoms with Gasteiger partial charge in [-0.25, -0.2) is 4.79 Å². The first-order chi connectivity index (χ1) is 10.7. The van der Waals surface area contributed by atoms with Gasteiger partial charge in [-0.15, -0.1) is 0 Å². The van der Waals surface area contributed by atoms with Crippen LogP contribution in [0.1, 0.15) is 68.6 Å². The molecule has 0 amide bonds. The third kappa shape index (κ3) is 6.83. The fourth-order valence-corrected chi connectivity index (χ4v) is 2.31. The summed E-state index contributed by atoms with van der Waals surface area (Å²) in [6.45, 7) is 2.86. The first-order valence-electron chi connectivity index (χ1n) is 8.23. The minimum atomic E-state index is -0.549. The van der Waals surface area contributed by atoms with Crippen LogP contribution in [0.2, 0.25) is 0 Å². The quantitative estimate of drug-likeness (QED) is 0.475. The Kier molecular flexibility index (Phi) is 9.12. The summed E-state index contributed by atoms with van der Waals surface area (Å²) < 4.78 is 10.2. The summed E-state index contributed by atoms with van der Waals surface area (Å²) in [7, 11) is 1.29. The van der Waals surface area contributed by atoms with Crippen molar-refractivity contribution in [3.8, 4) is 11.5 Å². The van der Waals surface area contributed by atoms with Crippen molar-refractivity contribution in [3.63, 3.8) is 0 Å². The van der Waals surface area contributed by atoms with E-state index in [-0.39, 0.29) is 11.3 Å². The normalized spacial score (nSPS) is 10.5. The minimum absolute atomic E-state index is 0.111. The van der Waals surface area contributed by atoms with Crippen molar-refractivity contribution in [1.82, 2.24) is 0 Å². The zero-order valence-corrected chi connectivity index (χ0v) is 13.8. The van der Waals surface area contributed by atoms with Gasteiger partial charge in [0.2, 0.25) is 0 Å². The molecule has 1 rings (SSSR count). The van der Waals surface area contributed by atoms with Crippen molar-refractivity contribution >= 4 is 5.97 Å². The zero-order chi connectivity index (χ0) is 16.2. The van der Waals surface area contributed by atoms with E-state index in [0.29, 0.717) is 12.4 Å². The molecule has 0 saturated carbocycles. The number of ether oxygens (including phenoxy) is 2. The number of methoxy groups -OCH3 is 1. The van der Waals surface area contributed by atoms with Crippen molar-refractivity contribution < 1.29 is 19.4 Å². The molecule has 0 aliphatic rings. The van der Waals surface area contributed by atoms with E-state index in [1.807, 2.05) is 0 Å². The highest BCUT2D eigenvalue weighted by atomic mass is 16.5. The largest absolute Gasteiger partial charge is 0.507 e. The number of phenols is 1. The lowest BCUT2D eigenvalue weighted by Crippen LogP contribution is -2.02. The summed E-state index contributed by atoms with van der Waals surface area (Å²) in [6.07, 6.45) is 10.0. The fourth-order valence-electron chi connectivity index (χ4n) is 2.31. The van der Waals surface area contributed by atoms with Crippen LogP contribution in [0.15, 0.2) is 18.2 Å². The lowest BCUT2D eigenvalue weighted by atomic mass is 10.1. The number of hydrogen-bond donors (Lipinski definition) is 1. The van der Waals surface area contributed by atoms with Crippen LogP contribution in [0, 0.1) is 0 Å². The third-order valence-electron chi connectivity index (χ3n) is 3.64. The molecule has 0 radical (unpaired) electrons. The number of benzene rings is 1. The van der Waals surface area contributed by atoms with E-state index in [1.54, 1.807) is 6.07 Å². The third-order valence-corrected chi connectivity index (χ3v) is 3.64. The number of esters is 1. The van der Waals surface area contributed by atoms with Gasteiger partial charge in [0.05, 0.1) is 13.7 Å². The molecule has 0 aromatic heterocycles. The van der Waals surface area contributed by atoms with Gasteiger partial charge in [-0.1, -0.05) is 51.9 Å². The molecule has 1 N–H and O–H groups in total. The topological polar surface area (TPSA) is 55.8 Å². The summed E-state index contributed by atoms with van der Waals surface area (Å²) in [5, 5.41) is 9.76. The Morgan fingerprint density at radius 3 is 2.27 bits per heavy atom. The van der Waals surface area contributed by atoms with E-state index in [4.69, 9.17) is 4.74 Å². The molecule has 4 heteroatoms. The summed E-state index contributed by atoms with van der Waals surface area (Å²) in [5.74, 6) is -0.0829. The Balaban J connectivity index is 2.17. The number of unbranched alkanes of at least 4 members (excludes halogenated alkanes) is 7. The van der Waals surface area contributed by atoms with Crippen LogP contribution < -0.4 is 4.74 Å². The molecule has 0 unspecified atom stereocenters. The van der Waals surface area contributed by atoms with Crippen molar-refractivity contribution in [2.24, 2.45) is 0 Å². The Bertz CT molecular complexity index is 443. The molecule has 4 nitrogen and oxygen atoms in total. The van der Waals surface area contributed by atoms with Gasteiger partial charge in [0.25, 0.3) is 0 Å². The number of carbonyl (C=O) groups excluding carboxylic acids is 1. The number of hydrogen-bond acceptors (Lipinski definition) is 4. The second-order valence-electron chi connectivity index (χ2n) is 5.49.